The molecule has 1 amide bonds. The highest BCUT2D eigenvalue weighted by molar-refractivity contribution is 5.99. The van der Waals surface area contributed by atoms with Crippen LogP contribution in [-0.4, -0.2) is 56.0 Å². The summed E-state index contributed by atoms with van der Waals surface area (Å²) in [5.74, 6) is -2.14. The van der Waals surface area contributed by atoms with Crippen molar-refractivity contribution in [3.05, 3.63) is 52.1 Å². The Morgan fingerprint density at radius 2 is 1.85 bits per heavy atom. The van der Waals surface area contributed by atoms with E-state index < -0.39 is 29.7 Å². The van der Waals surface area contributed by atoms with Crippen molar-refractivity contribution in [2.45, 2.75) is 6.29 Å². The predicted molar refractivity (Wildman–Crippen MR) is 108 cm³/mol. The van der Waals surface area contributed by atoms with E-state index in [0.717, 1.165) is 12.1 Å². The van der Waals surface area contributed by atoms with Crippen molar-refractivity contribution in [2.24, 2.45) is 0 Å². The van der Waals surface area contributed by atoms with Gasteiger partial charge in [0.15, 0.2) is 18.1 Å². The first-order valence-electron chi connectivity index (χ1n) is 9.70. The van der Waals surface area contributed by atoms with Crippen LogP contribution in [0.3, 0.4) is 0 Å². The molecule has 1 saturated heterocycles. The Morgan fingerprint density at radius 1 is 1.12 bits per heavy atom. The molecule has 2 heterocycles. The Balaban J connectivity index is 1.42. The first kappa shape index (κ1) is 22.2. The normalized spacial score (nSPS) is 16.2. The van der Waals surface area contributed by atoms with Crippen LogP contribution in [0, 0.1) is 10.1 Å². The zero-order valence-corrected chi connectivity index (χ0v) is 16.9. The number of carbonyl (C=O) groups is 2. The molecule has 0 saturated carbocycles. The maximum Gasteiger partial charge on any atom is 0.586 e. The number of esters is 1. The van der Waals surface area contributed by atoms with Crippen molar-refractivity contribution >= 4 is 28.9 Å². The van der Waals surface area contributed by atoms with Gasteiger partial charge in [0.25, 0.3) is 11.6 Å². The van der Waals surface area contributed by atoms with E-state index in [1.807, 2.05) is 4.90 Å². The molecule has 2 aliphatic rings. The number of rotatable bonds is 6. The van der Waals surface area contributed by atoms with Gasteiger partial charge in [-0.2, -0.15) is 0 Å². The van der Waals surface area contributed by atoms with Crippen molar-refractivity contribution in [2.75, 3.05) is 43.1 Å². The average molecular weight is 465 g/mol. The van der Waals surface area contributed by atoms with Gasteiger partial charge in [-0.1, -0.05) is 0 Å². The van der Waals surface area contributed by atoms with E-state index in [9.17, 15) is 28.5 Å². The number of nitro benzene ring substituents is 1. The van der Waals surface area contributed by atoms with Crippen molar-refractivity contribution in [1.82, 2.24) is 0 Å². The zero-order valence-electron chi connectivity index (χ0n) is 16.9. The van der Waals surface area contributed by atoms with Gasteiger partial charge in [0.2, 0.25) is 0 Å². The number of anilines is 2. The van der Waals surface area contributed by atoms with Crippen LogP contribution in [0.5, 0.6) is 11.5 Å². The highest BCUT2D eigenvalue weighted by atomic mass is 19.3. The predicted octanol–water partition coefficient (Wildman–Crippen LogP) is 2.55. The van der Waals surface area contributed by atoms with Gasteiger partial charge < -0.3 is 29.2 Å². The molecule has 0 unspecified atom stereocenters. The minimum Gasteiger partial charge on any atom is -0.452 e. The molecule has 0 radical (unpaired) electrons. The third kappa shape index (κ3) is 5.09. The largest absolute Gasteiger partial charge is 0.586 e. The first-order valence-corrected chi connectivity index (χ1v) is 9.70. The van der Waals surface area contributed by atoms with Gasteiger partial charge in [0.1, 0.15) is 0 Å². The zero-order chi connectivity index (χ0) is 23.6. The molecule has 0 bridgehead atoms. The minimum absolute atomic E-state index is 0.0655. The maximum absolute atomic E-state index is 13.1. The molecule has 0 aromatic heterocycles. The third-order valence-electron chi connectivity index (χ3n) is 4.78. The fourth-order valence-electron chi connectivity index (χ4n) is 3.31. The van der Waals surface area contributed by atoms with Crippen LogP contribution >= 0.6 is 0 Å². The van der Waals surface area contributed by atoms with Crippen LogP contribution in [0.25, 0.3) is 0 Å². The summed E-state index contributed by atoms with van der Waals surface area (Å²) in [6.07, 6.45) is -3.79. The molecule has 1 N–H and O–H groups in total. The second kappa shape index (κ2) is 8.86. The molecule has 2 aromatic carbocycles. The number of hydrogen-bond acceptors (Lipinski definition) is 9. The summed E-state index contributed by atoms with van der Waals surface area (Å²) in [5, 5.41) is 13.5. The van der Waals surface area contributed by atoms with Gasteiger partial charge in [-0.3, -0.25) is 14.9 Å². The Hall–Kier alpha value is -4.00. The summed E-state index contributed by atoms with van der Waals surface area (Å²) >= 11 is 0. The molecule has 4 rings (SSSR count). The van der Waals surface area contributed by atoms with Crippen molar-refractivity contribution in [3.8, 4) is 11.5 Å². The molecule has 33 heavy (non-hydrogen) atoms. The molecule has 11 nitrogen and oxygen atoms in total. The number of nitrogens with one attached hydrogen (secondary N) is 1. The van der Waals surface area contributed by atoms with Crippen LogP contribution in [0.15, 0.2) is 36.4 Å². The number of nitrogens with zero attached hydrogens (tertiary/aromatic N) is 2. The molecular weight excluding hydrogens is 448 g/mol. The number of hydrogen-bond donors (Lipinski definition) is 1. The molecule has 0 aliphatic carbocycles. The van der Waals surface area contributed by atoms with E-state index in [2.05, 4.69) is 14.8 Å². The minimum atomic E-state index is -3.79. The van der Waals surface area contributed by atoms with Crippen molar-refractivity contribution in [1.29, 1.82) is 0 Å². The average Bonchev–Trinajstić information content (AvgIpc) is 3.10. The number of non-ortho nitro benzene ring substituents is 1. The number of nitro groups is 1. The summed E-state index contributed by atoms with van der Waals surface area (Å²) < 4.78 is 45.1. The Morgan fingerprint density at radius 3 is 2.58 bits per heavy atom. The Bertz CT molecular complexity index is 1100. The molecule has 174 valence electrons. The summed E-state index contributed by atoms with van der Waals surface area (Å²) in [6, 6.07) is 7.44. The van der Waals surface area contributed by atoms with E-state index in [1.54, 1.807) is 0 Å². The summed E-state index contributed by atoms with van der Waals surface area (Å²) in [6.45, 7) is 1.09. The standard InChI is InChI=1S/C20H17F2N3O8/c21-20(22)32-16-4-1-12(9-17(16)33-20)23-18(26)11-31-19(27)14-10-13(25(28)29)2-3-15(14)24-5-7-30-8-6-24/h1-4,9-10H,5-8,11H2,(H,23,26). The summed E-state index contributed by atoms with van der Waals surface area (Å²) in [7, 11) is 0. The lowest BCUT2D eigenvalue weighted by Crippen LogP contribution is -2.37. The van der Waals surface area contributed by atoms with Crippen LogP contribution < -0.4 is 19.7 Å². The quantitative estimate of drug-likeness (QED) is 0.389. The fourth-order valence-corrected chi connectivity index (χ4v) is 3.31. The molecule has 2 aromatic rings. The third-order valence-corrected chi connectivity index (χ3v) is 4.78. The van der Waals surface area contributed by atoms with Gasteiger partial charge in [-0.05, 0) is 18.2 Å². The second-order valence-electron chi connectivity index (χ2n) is 7.01. The van der Waals surface area contributed by atoms with Gasteiger partial charge in [-0.15, -0.1) is 8.78 Å². The fraction of sp³-hybridized carbons (Fsp3) is 0.300. The Labute approximate surface area is 184 Å². The van der Waals surface area contributed by atoms with Gasteiger partial charge in [0, 0.05) is 37.0 Å². The van der Waals surface area contributed by atoms with Gasteiger partial charge in [0.05, 0.1) is 29.4 Å². The number of morpholine rings is 1. The van der Waals surface area contributed by atoms with Crippen molar-refractivity contribution in [3.63, 3.8) is 0 Å². The molecule has 0 spiro atoms. The second-order valence-corrected chi connectivity index (χ2v) is 7.01. The van der Waals surface area contributed by atoms with Gasteiger partial charge in [-0.25, -0.2) is 4.79 Å². The lowest BCUT2D eigenvalue weighted by molar-refractivity contribution is -0.384. The number of fused-ring (bicyclic) bond motifs is 1. The molecule has 13 heteroatoms. The topological polar surface area (TPSA) is 129 Å². The van der Waals surface area contributed by atoms with Gasteiger partial charge >= 0.3 is 12.3 Å². The summed E-state index contributed by atoms with van der Waals surface area (Å²) in [4.78, 5) is 37.2. The van der Waals surface area contributed by atoms with E-state index in [1.165, 1.54) is 24.3 Å². The SMILES string of the molecule is O=C(COC(=O)c1cc([N+](=O)[O-])ccc1N1CCOCC1)Nc1ccc2c(c1)OC(F)(F)O2. The highest BCUT2D eigenvalue weighted by Gasteiger charge is 2.43. The lowest BCUT2D eigenvalue weighted by Gasteiger charge is -2.30. The number of amides is 1. The molecule has 2 aliphatic heterocycles. The van der Waals surface area contributed by atoms with Crippen LogP contribution in [0.4, 0.5) is 25.8 Å². The van der Waals surface area contributed by atoms with E-state index in [0.29, 0.717) is 32.0 Å². The number of halogens is 2. The number of ether oxygens (including phenoxy) is 4. The molecular formula is C20H17F2N3O8. The Kier molecular flexibility index (Phi) is 5.96. The monoisotopic (exact) mass is 465 g/mol. The number of benzene rings is 2. The summed E-state index contributed by atoms with van der Waals surface area (Å²) in [5.41, 5.74) is 0.163. The maximum atomic E-state index is 13.1. The number of carbonyl (C=O) groups excluding carboxylic acids is 2. The first-order chi connectivity index (χ1) is 15.7. The van der Waals surface area contributed by atoms with E-state index in [4.69, 9.17) is 9.47 Å². The molecule has 1 fully saturated rings. The smallest absolute Gasteiger partial charge is 0.452 e. The lowest BCUT2D eigenvalue weighted by atomic mass is 10.1. The highest BCUT2D eigenvalue weighted by Crippen LogP contribution is 2.42. The number of alkyl halides is 2. The van der Waals surface area contributed by atoms with Crippen LogP contribution in [0.1, 0.15) is 10.4 Å². The molecule has 0 atom stereocenters. The van der Waals surface area contributed by atoms with Crippen LogP contribution in [0.2, 0.25) is 0 Å². The van der Waals surface area contributed by atoms with Crippen LogP contribution in [-0.2, 0) is 14.3 Å². The van der Waals surface area contributed by atoms with E-state index >= 15 is 0 Å². The van der Waals surface area contributed by atoms with Crippen molar-refractivity contribution < 1.29 is 42.2 Å². The van der Waals surface area contributed by atoms with E-state index in [-0.39, 0.29) is 28.4 Å².